The van der Waals surface area contributed by atoms with Crippen LogP contribution in [0.5, 0.6) is 0 Å². The lowest BCUT2D eigenvalue weighted by atomic mass is 10.2. The summed E-state index contributed by atoms with van der Waals surface area (Å²) in [5.74, 6) is 1.29. The number of rotatable bonds is 3. The fourth-order valence-corrected chi connectivity index (χ4v) is 3.22. The first-order chi connectivity index (χ1) is 9.76. The molecule has 0 bridgehead atoms. The Balaban J connectivity index is 2.07. The molecular formula is C16H21N3O. The molecule has 1 aromatic heterocycles. The van der Waals surface area contributed by atoms with Crippen LogP contribution < -0.4 is 0 Å². The van der Waals surface area contributed by atoms with Gasteiger partial charge in [-0.15, -0.1) is 0 Å². The largest absolute Gasteiger partial charge is 0.333 e. The minimum Gasteiger partial charge on any atom is -0.333 e. The van der Waals surface area contributed by atoms with Crippen LogP contribution in [0.4, 0.5) is 0 Å². The molecule has 0 aliphatic carbocycles. The third-order valence-electron chi connectivity index (χ3n) is 4.17. The van der Waals surface area contributed by atoms with Crippen molar-refractivity contribution in [2.24, 2.45) is 0 Å². The molecule has 0 N–H and O–H groups in total. The Bertz CT molecular complexity index is 632. The summed E-state index contributed by atoms with van der Waals surface area (Å²) in [6, 6.07) is 8.36. The number of aryl methyl sites for hydroxylation is 1. The van der Waals surface area contributed by atoms with E-state index in [9.17, 15) is 4.79 Å². The number of imidazole rings is 1. The van der Waals surface area contributed by atoms with Crippen LogP contribution in [0, 0.1) is 0 Å². The molecule has 1 aliphatic heterocycles. The predicted molar refractivity (Wildman–Crippen MR) is 79.4 cm³/mol. The highest BCUT2D eigenvalue weighted by Gasteiger charge is 2.32. The summed E-state index contributed by atoms with van der Waals surface area (Å²) in [5.41, 5.74) is 2.20. The molecule has 4 heteroatoms. The van der Waals surface area contributed by atoms with Gasteiger partial charge in [-0.25, -0.2) is 4.98 Å². The highest BCUT2D eigenvalue weighted by Crippen LogP contribution is 2.33. The van der Waals surface area contributed by atoms with Crippen LogP contribution in [0.3, 0.4) is 0 Å². The fraction of sp³-hybridized carbons (Fsp3) is 0.500. The molecule has 0 unspecified atom stereocenters. The Labute approximate surface area is 119 Å². The zero-order valence-corrected chi connectivity index (χ0v) is 12.2. The Morgan fingerprint density at radius 2 is 2.15 bits per heavy atom. The van der Waals surface area contributed by atoms with Crippen LogP contribution in [-0.2, 0) is 11.3 Å². The first kappa shape index (κ1) is 13.2. The van der Waals surface area contributed by atoms with E-state index >= 15 is 0 Å². The van der Waals surface area contributed by atoms with Crippen molar-refractivity contribution in [1.82, 2.24) is 14.5 Å². The van der Waals surface area contributed by atoms with E-state index in [0.717, 1.165) is 37.3 Å². The van der Waals surface area contributed by atoms with E-state index in [0.29, 0.717) is 6.42 Å². The first-order valence-electron chi connectivity index (χ1n) is 7.50. The van der Waals surface area contributed by atoms with Crippen LogP contribution in [0.2, 0.25) is 0 Å². The molecule has 1 amide bonds. The number of carbonyl (C=O) groups excluding carboxylic acids is 1. The summed E-state index contributed by atoms with van der Waals surface area (Å²) in [4.78, 5) is 18.9. The molecule has 20 heavy (non-hydrogen) atoms. The second kappa shape index (κ2) is 5.27. The summed E-state index contributed by atoms with van der Waals surface area (Å²) in [7, 11) is 0. The number of hydrogen-bond donors (Lipinski definition) is 0. The lowest BCUT2D eigenvalue weighted by Gasteiger charge is -2.24. The van der Waals surface area contributed by atoms with Gasteiger partial charge in [0.1, 0.15) is 5.82 Å². The quantitative estimate of drug-likeness (QED) is 0.860. The molecule has 2 heterocycles. The summed E-state index contributed by atoms with van der Waals surface area (Å²) in [6.07, 6.45) is 2.67. The van der Waals surface area contributed by atoms with Crippen molar-refractivity contribution in [1.29, 1.82) is 0 Å². The molecule has 4 nitrogen and oxygen atoms in total. The van der Waals surface area contributed by atoms with Gasteiger partial charge in [0.25, 0.3) is 0 Å². The molecule has 1 saturated heterocycles. The molecule has 3 rings (SSSR count). The van der Waals surface area contributed by atoms with Gasteiger partial charge in [0, 0.05) is 19.5 Å². The zero-order chi connectivity index (χ0) is 14.1. The van der Waals surface area contributed by atoms with Gasteiger partial charge in [0.05, 0.1) is 17.1 Å². The van der Waals surface area contributed by atoms with Gasteiger partial charge >= 0.3 is 0 Å². The maximum atomic E-state index is 12.1. The Kier molecular flexibility index (Phi) is 3.47. The van der Waals surface area contributed by atoms with Gasteiger partial charge in [0.2, 0.25) is 5.91 Å². The van der Waals surface area contributed by atoms with E-state index in [1.54, 1.807) is 0 Å². The molecule has 2 aromatic rings. The molecular weight excluding hydrogens is 250 g/mol. The normalized spacial score (nSPS) is 18.9. The standard InChI is InChI=1S/C16H21N3O/c1-3-15(20)19-11-7-10-14(19)16-17-12-8-5-6-9-13(12)18(16)4-2/h5-6,8-9,14H,3-4,7,10-11H2,1-2H3/t14-/m0/s1. The van der Waals surface area contributed by atoms with Crippen LogP contribution in [0.1, 0.15) is 45.0 Å². The van der Waals surface area contributed by atoms with E-state index in [-0.39, 0.29) is 11.9 Å². The Hall–Kier alpha value is -1.84. The average Bonchev–Trinajstić information content (AvgIpc) is 3.09. The molecule has 1 fully saturated rings. The van der Waals surface area contributed by atoms with Crippen molar-refractivity contribution < 1.29 is 4.79 Å². The molecule has 1 aromatic carbocycles. The summed E-state index contributed by atoms with van der Waals surface area (Å²) in [6.45, 7) is 5.82. The summed E-state index contributed by atoms with van der Waals surface area (Å²) in [5, 5.41) is 0. The van der Waals surface area contributed by atoms with Crippen LogP contribution in [-0.4, -0.2) is 26.9 Å². The average molecular weight is 271 g/mol. The number of para-hydroxylation sites is 2. The minimum absolute atomic E-state index is 0.148. The molecule has 106 valence electrons. The van der Waals surface area contributed by atoms with E-state index < -0.39 is 0 Å². The predicted octanol–water partition coefficient (Wildman–Crippen LogP) is 3.13. The molecule has 1 atom stereocenters. The fourth-order valence-electron chi connectivity index (χ4n) is 3.22. The molecule has 0 spiro atoms. The molecule has 0 radical (unpaired) electrons. The number of carbonyl (C=O) groups is 1. The van der Waals surface area contributed by atoms with Gasteiger partial charge in [-0.05, 0) is 31.9 Å². The van der Waals surface area contributed by atoms with Crippen LogP contribution >= 0.6 is 0 Å². The van der Waals surface area contributed by atoms with Gasteiger partial charge in [-0.3, -0.25) is 4.79 Å². The van der Waals surface area contributed by atoms with E-state index in [1.807, 2.05) is 30.0 Å². The number of hydrogen-bond acceptors (Lipinski definition) is 2. The third-order valence-corrected chi connectivity index (χ3v) is 4.17. The van der Waals surface area contributed by atoms with Crippen molar-refractivity contribution in [3.8, 4) is 0 Å². The van der Waals surface area contributed by atoms with Crippen molar-refractivity contribution in [2.45, 2.75) is 45.7 Å². The van der Waals surface area contributed by atoms with Gasteiger partial charge in [-0.2, -0.15) is 0 Å². The Morgan fingerprint density at radius 1 is 1.35 bits per heavy atom. The van der Waals surface area contributed by atoms with E-state index in [1.165, 1.54) is 5.52 Å². The third kappa shape index (κ3) is 1.99. The maximum Gasteiger partial charge on any atom is 0.222 e. The smallest absolute Gasteiger partial charge is 0.222 e. The monoisotopic (exact) mass is 271 g/mol. The number of nitrogens with zero attached hydrogens (tertiary/aromatic N) is 3. The highest BCUT2D eigenvalue weighted by molar-refractivity contribution is 5.78. The summed E-state index contributed by atoms with van der Waals surface area (Å²) >= 11 is 0. The SMILES string of the molecule is CCC(=O)N1CCC[C@H]1c1nc2ccccc2n1CC. The van der Waals surface area contributed by atoms with Gasteiger partial charge in [0.15, 0.2) is 0 Å². The number of amides is 1. The maximum absolute atomic E-state index is 12.1. The highest BCUT2D eigenvalue weighted by atomic mass is 16.2. The second-order valence-electron chi connectivity index (χ2n) is 5.30. The lowest BCUT2D eigenvalue weighted by Crippen LogP contribution is -2.31. The lowest BCUT2D eigenvalue weighted by molar-refractivity contribution is -0.131. The topological polar surface area (TPSA) is 38.1 Å². The van der Waals surface area contributed by atoms with E-state index in [4.69, 9.17) is 4.98 Å². The van der Waals surface area contributed by atoms with E-state index in [2.05, 4.69) is 17.6 Å². The molecule has 1 aliphatic rings. The number of likely N-dealkylation sites (tertiary alicyclic amines) is 1. The molecule has 0 saturated carbocycles. The first-order valence-corrected chi connectivity index (χ1v) is 7.50. The number of aromatic nitrogens is 2. The van der Waals surface area contributed by atoms with Gasteiger partial charge < -0.3 is 9.47 Å². The van der Waals surface area contributed by atoms with Crippen molar-refractivity contribution >= 4 is 16.9 Å². The van der Waals surface area contributed by atoms with Crippen molar-refractivity contribution in [3.63, 3.8) is 0 Å². The number of fused-ring (bicyclic) bond motifs is 1. The summed E-state index contributed by atoms with van der Waals surface area (Å²) < 4.78 is 2.25. The zero-order valence-electron chi connectivity index (χ0n) is 12.2. The van der Waals surface area contributed by atoms with Crippen molar-refractivity contribution in [2.75, 3.05) is 6.54 Å². The number of benzene rings is 1. The van der Waals surface area contributed by atoms with Crippen LogP contribution in [0.15, 0.2) is 24.3 Å². The minimum atomic E-state index is 0.148. The van der Waals surface area contributed by atoms with Crippen molar-refractivity contribution in [3.05, 3.63) is 30.1 Å². The van der Waals surface area contributed by atoms with Gasteiger partial charge in [-0.1, -0.05) is 19.1 Å². The van der Waals surface area contributed by atoms with Crippen LogP contribution in [0.25, 0.3) is 11.0 Å². The second-order valence-corrected chi connectivity index (χ2v) is 5.30. The Morgan fingerprint density at radius 3 is 2.90 bits per heavy atom.